The maximum absolute atomic E-state index is 13.7. The summed E-state index contributed by atoms with van der Waals surface area (Å²) >= 11 is 5.69. The number of rotatable bonds is 3. The van der Waals surface area contributed by atoms with Gasteiger partial charge in [0.25, 0.3) is 5.91 Å². The molecule has 2 heterocycles. The van der Waals surface area contributed by atoms with Gasteiger partial charge in [0.1, 0.15) is 0 Å². The van der Waals surface area contributed by atoms with Crippen LogP contribution in [0.2, 0.25) is 5.02 Å². The van der Waals surface area contributed by atoms with E-state index in [1.54, 1.807) is 28.9 Å². The Morgan fingerprint density at radius 2 is 2.24 bits per heavy atom. The summed E-state index contributed by atoms with van der Waals surface area (Å²) in [6.07, 6.45) is 1.54. The molecule has 0 radical (unpaired) electrons. The van der Waals surface area contributed by atoms with E-state index in [0.29, 0.717) is 18.8 Å². The van der Waals surface area contributed by atoms with Crippen molar-refractivity contribution in [2.45, 2.75) is 12.5 Å². The maximum atomic E-state index is 13.7. The molecule has 0 N–H and O–H groups in total. The molecule has 1 aliphatic rings. The average Bonchev–Trinajstić information content (AvgIpc) is 3.00. The van der Waals surface area contributed by atoms with Crippen LogP contribution >= 0.6 is 11.6 Å². The molecule has 1 saturated heterocycles. The molecule has 1 aliphatic heterocycles. The molecule has 1 aromatic heterocycles. The highest BCUT2D eigenvalue weighted by molar-refractivity contribution is 6.30. The lowest BCUT2D eigenvalue weighted by Crippen LogP contribution is -2.32. The van der Waals surface area contributed by atoms with Crippen LogP contribution in [0, 0.1) is 5.82 Å². The third-order valence-corrected chi connectivity index (χ3v) is 3.53. The average molecular weight is 310 g/mol. The Morgan fingerprint density at radius 3 is 2.90 bits per heavy atom. The summed E-state index contributed by atoms with van der Waals surface area (Å²) in [4.78, 5) is 13.8. The van der Waals surface area contributed by atoms with Gasteiger partial charge in [0.15, 0.2) is 23.5 Å². The van der Waals surface area contributed by atoms with Gasteiger partial charge in [0, 0.05) is 37.3 Å². The quantitative estimate of drug-likeness (QED) is 0.874. The van der Waals surface area contributed by atoms with Gasteiger partial charge < -0.3 is 4.74 Å². The largest absolute Gasteiger partial charge is 0.477 e. The van der Waals surface area contributed by atoms with Crippen LogP contribution in [0.5, 0.6) is 5.75 Å². The molecule has 0 saturated carbocycles. The summed E-state index contributed by atoms with van der Waals surface area (Å²) < 4.78 is 20.8. The number of amides is 1. The van der Waals surface area contributed by atoms with Crippen LogP contribution in [0.3, 0.4) is 0 Å². The Bertz CT molecular complexity index is 689. The zero-order valence-electron chi connectivity index (χ0n) is 11.3. The number of aromatic nitrogens is 2. The van der Waals surface area contributed by atoms with E-state index in [4.69, 9.17) is 16.3 Å². The lowest BCUT2D eigenvalue weighted by Gasteiger charge is -2.15. The minimum absolute atomic E-state index is 0.0284. The van der Waals surface area contributed by atoms with Crippen LogP contribution in [0.25, 0.3) is 0 Å². The van der Waals surface area contributed by atoms with Crippen LogP contribution in [-0.4, -0.2) is 28.3 Å². The van der Waals surface area contributed by atoms with Crippen molar-refractivity contribution in [2.75, 3.05) is 11.4 Å². The smallest absolute Gasteiger partial charge is 0.269 e. The van der Waals surface area contributed by atoms with Crippen LogP contribution in [0.4, 0.5) is 10.2 Å². The summed E-state index contributed by atoms with van der Waals surface area (Å²) in [5.74, 6) is -0.194. The van der Waals surface area contributed by atoms with Gasteiger partial charge in [-0.25, -0.2) is 4.39 Å². The topological polar surface area (TPSA) is 47.4 Å². The van der Waals surface area contributed by atoms with E-state index >= 15 is 0 Å². The van der Waals surface area contributed by atoms with Crippen molar-refractivity contribution in [1.29, 1.82) is 0 Å². The molecule has 3 rings (SSSR count). The van der Waals surface area contributed by atoms with Crippen LogP contribution < -0.4 is 9.64 Å². The van der Waals surface area contributed by atoms with Crippen molar-refractivity contribution in [2.24, 2.45) is 7.05 Å². The monoisotopic (exact) mass is 309 g/mol. The van der Waals surface area contributed by atoms with E-state index in [1.807, 2.05) is 0 Å². The van der Waals surface area contributed by atoms with Gasteiger partial charge in [0.05, 0.1) is 0 Å². The molecule has 2 aromatic rings. The summed E-state index contributed by atoms with van der Waals surface area (Å²) in [5, 5.41) is 4.47. The van der Waals surface area contributed by atoms with Gasteiger partial charge in [-0.05, 0) is 18.2 Å². The molecule has 21 heavy (non-hydrogen) atoms. The van der Waals surface area contributed by atoms with Crippen LogP contribution in [0.1, 0.15) is 6.42 Å². The minimum Gasteiger partial charge on any atom is -0.477 e. The second-order valence-electron chi connectivity index (χ2n) is 4.81. The first-order valence-corrected chi connectivity index (χ1v) is 6.85. The van der Waals surface area contributed by atoms with Crippen LogP contribution in [0.15, 0.2) is 30.5 Å². The van der Waals surface area contributed by atoms with E-state index in [0.717, 1.165) is 6.07 Å². The van der Waals surface area contributed by atoms with Crippen molar-refractivity contribution >= 4 is 23.3 Å². The molecule has 1 atom stereocenters. The molecule has 110 valence electrons. The zero-order chi connectivity index (χ0) is 15.0. The van der Waals surface area contributed by atoms with Gasteiger partial charge in [-0.2, -0.15) is 5.10 Å². The predicted octanol–water partition coefficient (Wildman–Crippen LogP) is 2.40. The molecule has 1 amide bonds. The van der Waals surface area contributed by atoms with Crippen molar-refractivity contribution < 1.29 is 13.9 Å². The fraction of sp³-hybridized carbons (Fsp3) is 0.286. The Balaban J connectivity index is 1.75. The predicted molar refractivity (Wildman–Crippen MR) is 76.0 cm³/mol. The van der Waals surface area contributed by atoms with E-state index in [2.05, 4.69) is 5.10 Å². The molecule has 1 unspecified atom stereocenters. The summed E-state index contributed by atoms with van der Waals surface area (Å²) in [7, 11) is 1.78. The van der Waals surface area contributed by atoms with Gasteiger partial charge in [-0.1, -0.05) is 11.6 Å². The van der Waals surface area contributed by atoms with Gasteiger partial charge in [0.2, 0.25) is 0 Å². The highest BCUT2D eigenvalue weighted by atomic mass is 35.5. The molecule has 0 aliphatic carbocycles. The first kappa shape index (κ1) is 13.9. The van der Waals surface area contributed by atoms with Crippen molar-refractivity contribution in [3.63, 3.8) is 0 Å². The third-order valence-electron chi connectivity index (χ3n) is 3.30. The number of aryl methyl sites for hydroxylation is 1. The van der Waals surface area contributed by atoms with Crippen molar-refractivity contribution in [3.05, 3.63) is 41.3 Å². The van der Waals surface area contributed by atoms with Gasteiger partial charge in [-0.15, -0.1) is 0 Å². The summed E-state index contributed by atoms with van der Waals surface area (Å²) in [5.41, 5.74) is 0. The lowest BCUT2D eigenvalue weighted by atomic mass is 10.3. The molecule has 0 bridgehead atoms. The molecule has 5 nitrogen and oxygen atoms in total. The highest BCUT2D eigenvalue weighted by Gasteiger charge is 2.35. The first-order chi connectivity index (χ1) is 10.0. The number of carbonyl (C=O) groups excluding carboxylic acids is 1. The normalized spacial score (nSPS) is 18.3. The zero-order valence-corrected chi connectivity index (χ0v) is 12.0. The first-order valence-electron chi connectivity index (χ1n) is 6.47. The van der Waals surface area contributed by atoms with Gasteiger partial charge in [-0.3, -0.25) is 14.4 Å². The van der Waals surface area contributed by atoms with E-state index in [-0.39, 0.29) is 16.7 Å². The second-order valence-corrected chi connectivity index (χ2v) is 5.24. The molecule has 1 aromatic carbocycles. The number of hydrogen-bond donors (Lipinski definition) is 0. The molecule has 7 heteroatoms. The van der Waals surface area contributed by atoms with E-state index in [1.165, 1.54) is 12.1 Å². The van der Waals surface area contributed by atoms with Crippen LogP contribution in [-0.2, 0) is 11.8 Å². The number of halogens is 2. The SMILES string of the molecule is Cn1ccc(N2CCC(Oc3ccc(Cl)cc3F)C2=O)n1. The third kappa shape index (κ3) is 2.71. The maximum Gasteiger partial charge on any atom is 0.269 e. The Hall–Kier alpha value is -2.08. The highest BCUT2D eigenvalue weighted by Crippen LogP contribution is 2.26. The molecular weight excluding hydrogens is 297 g/mol. The summed E-state index contributed by atoms with van der Waals surface area (Å²) in [6.45, 7) is 0.496. The number of anilines is 1. The number of nitrogens with zero attached hydrogens (tertiary/aromatic N) is 3. The Morgan fingerprint density at radius 1 is 1.43 bits per heavy atom. The standard InChI is InChI=1S/C14H13ClFN3O2/c1-18-6-5-13(17-18)19-7-4-12(14(19)20)21-11-3-2-9(15)8-10(11)16/h2-3,5-6,8,12H,4,7H2,1H3. The van der Waals surface area contributed by atoms with Gasteiger partial charge >= 0.3 is 0 Å². The minimum atomic E-state index is -0.706. The molecule has 1 fully saturated rings. The Kier molecular flexibility index (Phi) is 3.55. The van der Waals surface area contributed by atoms with Crippen molar-refractivity contribution in [3.8, 4) is 5.75 Å². The number of ether oxygens (including phenoxy) is 1. The lowest BCUT2D eigenvalue weighted by molar-refractivity contribution is -0.123. The Labute approximate surface area is 125 Å². The van der Waals surface area contributed by atoms with Crippen molar-refractivity contribution in [1.82, 2.24) is 9.78 Å². The molecule has 0 spiro atoms. The van der Waals surface area contributed by atoms with E-state index in [9.17, 15) is 9.18 Å². The number of carbonyl (C=O) groups is 1. The fourth-order valence-electron chi connectivity index (χ4n) is 2.26. The number of benzene rings is 1. The van der Waals surface area contributed by atoms with E-state index < -0.39 is 11.9 Å². The second kappa shape index (κ2) is 5.37. The number of hydrogen-bond acceptors (Lipinski definition) is 3. The molecular formula is C14H13ClFN3O2. The fourth-order valence-corrected chi connectivity index (χ4v) is 2.42. The summed E-state index contributed by atoms with van der Waals surface area (Å²) in [6, 6.07) is 5.86.